The maximum Gasteiger partial charge on any atom is 0.314 e. The summed E-state index contributed by atoms with van der Waals surface area (Å²) in [5.41, 5.74) is 3.30. The van der Waals surface area contributed by atoms with Crippen LogP contribution in [-0.4, -0.2) is 27.2 Å². The Kier molecular flexibility index (Phi) is 4.30. The predicted molar refractivity (Wildman–Crippen MR) is 88.5 cm³/mol. The average Bonchev–Trinajstić information content (AvgIpc) is 2.99. The number of esters is 1. The van der Waals surface area contributed by atoms with Crippen molar-refractivity contribution in [3.63, 3.8) is 0 Å². The summed E-state index contributed by atoms with van der Waals surface area (Å²) >= 11 is 5.93. The first kappa shape index (κ1) is 15.5. The molecule has 1 aromatic carbocycles. The number of aromatic nitrogens is 3. The first-order chi connectivity index (χ1) is 11.1. The van der Waals surface area contributed by atoms with Crippen LogP contribution in [0, 0.1) is 0 Å². The molecule has 6 heteroatoms. The third-order valence-electron chi connectivity index (χ3n) is 3.67. The van der Waals surface area contributed by atoms with Crippen LogP contribution in [0.15, 0.2) is 42.7 Å². The summed E-state index contributed by atoms with van der Waals surface area (Å²) in [6.07, 6.45) is 3.43. The van der Waals surface area contributed by atoms with Gasteiger partial charge in [0.05, 0.1) is 24.4 Å². The number of hydrogen-bond donors (Lipinski definition) is 0. The highest BCUT2D eigenvalue weighted by atomic mass is 35.5. The summed E-state index contributed by atoms with van der Waals surface area (Å²) in [4.78, 5) is 16.4. The van der Waals surface area contributed by atoms with Gasteiger partial charge in [0.15, 0.2) is 5.65 Å². The fourth-order valence-electron chi connectivity index (χ4n) is 2.46. The standard InChI is InChI=1S/C17H16ClN3O2/c1-3-23-17(22)11(2)15-8-9-19-16-14(10-20-21(15)16)12-4-6-13(18)7-5-12/h4-11H,3H2,1-2H3. The van der Waals surface area contributed by atoms with Crippen molar-refractivity contribution in [1.82, 2.24) is 14.6 Å². The molecule has 1 unspecified atom stereocenters. The Morgan fingerprint density at radius 3 is 2.74 bits per heavy atom. The zero-order chi connectivity index (χ0) is 16.4. The molecule has 0 bridgehead atoms. The van der Waals surface area contributed by atoms with E-state index < -0.39 is 5.92 Å². The molecule has 0 saturated heterocycles. The first-order valence-electron chi connectivity index (χ1n) is 7.37. The summed E-state index contributed by atoms with van der Waals surface area (Å²) in [7, 11) is 0. The molecule has 23 heavy (non-hydrogen) atoms. The van der Waals surface area contributed by atoms with Crippen molar-refractivity contribution in [1.29, 1.82) is 0 Å². The molecule has 0 spiro atoms. The molecule has 0 radical (unpaired) electrons. The van der Waals surface area contributed by atoms with E-state index in [0.717, 1.165) is 16.8 Å². The number of benzene rings is 1. The van der Waals surface area contributed by atoms with E-state index in [-0.39, 0.29) is 5.97 Å². The number of carbonyl (C=O) groups excluding carboxylic acids is 1. The van der Waals surface area contributed by atoms with Gasteiger partial charge in [-0.25, -0.2) is 9.50 Å². The first-order valence-corrected chi connectivity index (χ1v) is 7.74. The van der Waals surface area contributed by atoms with Crippen molar-refractivity contribution < 1.29 is 9.53 Å². The number of halogens is 1. The molecule has 3 aromatic rings. The Balaban J connectivity index is 2.07. The quantitative estimate of drug-likeness (QED) is 0.685. The normalized spacial score (nSPS) is 12.3. The van der Waals surface area contributed by atoms with Crippen molar-refractivity contribution >= 4 is 23.2 Å². The molecule has 5 nitrogen and oxygen atoms in total. The van der Waals surface area contributed by atoms with Gasteiger partial charge in [-0.3, -0.25) is 4.79 Å². The Morgan fingerprint density at radius 2 is 2.04 bits per heavy atom. The maximum absolute atomic E-state index is 12.0. The number of nitrogens with zero attached hydrogens (tertiary/aromatic N) is 3. The SMILES string of the molecule is CCOC(=O)C(C)c1ccnc2c(-c3ccc(Cl)cc3)cnn12. The molecule has 2 aromatic heterocycles. The van der Waals surface area contributed by atoms with Crippen LogP contribution in [0.1, 0.15) is 25.5 Å². The zero-order valence-corrected chi connectivity index (χ0v) is 13.6. The molecule has 0 aliphatic rings. The highest BCUT2D eigenvalue weighted by Gasteiger charge is 2.21. The molecule has 0 aliphatic heterocycles. The fraction of sp³-hybridized carbons (Fsp3) is 0.235. The zero-order valence-electron chi connectivity index (χ0n) is 12.9. The molecule has 1 atom stereocenters. The van der Waals surface area contributed by atoms with E-state index in [1.165, 1.54) is 0 Å². The largest absolute Gasteiger partial charge is 0.465 e. The highest BCUT2D eigenvalue weighted by Crippen LogP contribution is 2.27. The highest BCUT2D eigenvalue weighted by molar-refractivity contribution is 6.30. The van der Waals surface area contributed by atoms with E-state index in [1.807, 2.05) is 24.3 Å². The lowest BCUT2D eigenvalue weighted by atomic mass is 10.1. The Hall–Kier alpha value is -2.40. The smallest absolute Gasteiger partial charge is 0.314 e. The molecular formula is C17H16ClN3O2. The van der Waals surface area contributed by atoms with Gasteiger partial charge in [0.2, 0.25) is 0 Å². The number of fused-ring (bicyclic) bond motifs is 1. The van der Waals surface area contributed by atoms with Crippen molar-refractivity contribution in [3.05, 3.63) is 53.4 Å². The van der Waals surface area contributed by atoms with Crippen molar-refractivity contribution in [2.45, 2.75) is 19.8 Å². The molecule has 0 aliphatic carbocycles. The molecular weight excluding hydrogens is 314 g/mol. The Morgan fingerprint density at radius 1 is 1.30 bits per heavy atom. The number of hydrogen-bond acceptors (Lipinski definition) is 4. The van der Waals surface area contributed by atoms with E-state index >= 15 is 0 Å². The second-order valence-electron chi connectivity index (χ2n) is 5.14. The van der Waals surface area contributed by atoms with Gasteiger partial charge in [-0.1, -0.05) is 23.7 Å². The van der Waals surface area contributed by atoms with Crippen LogP contribution in [-0.2, 0) is 9.53 Å². The van der Waals surface area contributed by atoms with Crippen molar-refractivity contribution in [2.75, 3.05) is 6.61 Å². The van der Waals surface area contributed by atoms with Crippen LogP contribution in [0.2, 0.25) is 5.02 Å². The van der Waals surface area contributed by atoms with Crippen LogP contribution in [0.5, 0.6) is 0 Å². The summed E-state index contributed by atoms with van der Waals surface area (Å²) in [5, 5.41) is 5.07. The molecule has 118 valence electrons. The monoisotopic (exact) mass is 329 g/mol. The second-order valence-corrected chi connectivity index (χ2v) is 5.58. The van der Waals surface area contributed by atoms with Gasteiger partial charge in [-0.15, -0.1) is 0 Å². The summed E-state index contributed by atoms with van der Waals surface area (Å²) in [5.74, 6) is -0.693. The Bertz CT molecular complexity index is 843. The molecule has 2 heterocycles. The lowest BCUT2D eigenvalue weighted by Crippen LogP contribution is -2.16. The molecule has 3 rings (SSSR count). The van der Waals surface area contributed by atoms with Gasteiger partial charge in [0.1, 0.15) is 0 Å². The van der Waals surface area contributed by atoms with Gasteiger partial charge < -0.3 is 4.74 Å². The number of rotatable bonds is 4. The van der Waals surface area contributed by atoms with Crippen LogP contribution in [0.4, 0.5) is 0 Å². The third kappa shape index (κ3) is 2.92. The van der Waals surface area contributed by atoms with E-state index in [0.29, 0.717) is 17.3 Å². The maximum atomic E-state index is 12.0. The Labute approximate surface area is 138 Å². The van der Waals surface area contributed by atoms with Gasteiger partial charge in [0, 0.05) is 16.8 Å². The lowest BCUT2D eigenvalue weighted by molar-refractivity contribution is -0.144. The van der Waals surface area contributed by atoms with E-state index in [4.69, 9.17) is 16.3 Å². The van der Waals surface area contributed by atoms with Gasteiger partial charge >= 0.3 is 5.97 Å². The summed E-state index contributed by atoms with van der Waals surface area (Å²) in [6.45, 7) is 3.95. The minimum atomic E-state index is -0.418. The van der Waals surface area contributed by atoms with Gasteiger partial charge in [-0.2, -0.15) is 5.10 Å². The van der Waals surface area contributed by atoms with Crippen LogP contribution in [0.25, 0.3) is 16.8 Å². The topological polar surface area (TPSA) is 56.5 Å². The van der Waals surface area contributed by atoms with E-state index in [1.54, 1.807) is 36.8 Å². The van der Waals surface area contributed by atoms with E-state index in [9.17, 15) is 4.79 Å². The van der Waals surface area contributed by atoms with Crippen molar-refractivity contribution in [3.8, 4) is 11.1 Å². The van der Waals surface area contributed by atoms with Crippen LogP contribution >= 0.6 is 11.6 Å². The van der Waals surface area contributed by atoms with Gasteiger partial charge in [0.25, 0.3) is 0 Å². The summed E-state index contributed by atoms with van der Waals surface area (Å²) < 4.78 is 6.78. The molecule has 0 fully saturated rings. The molecule has 0 N–H and O–H groups in total. The van der Waals surface area contributed by atoms with Crippen molar-refractivity contribution in [2.24, 2.45) is 0 Å². The number of ether oxygens (including phenoxy) is 1. The molecule has 0 amide bonds. The van der Waals surface area contributed by atoms with Crippen LogP contribution in [0.3, 0.4) is 0 Å². The number of carbonyl (C=O) groups is 1. The fourth-order valence-corrected chi connectivity index (χ4v) is 2.58. The minimum absolute atomic E-state index is 0.274. The van der Waals surface area contributed by atoms with E-state index in [2.05, 4.69) is 10.1 Å². The van der Waals surface area contributed by atoms with Crippen LogP contribution < -0.4 is 0 Å². The summed E-state index contributed by atoms with van der Waals surface area (Å²) in [6, 6.07) is 9.27. The third-order valence-corrected chi connectivity index (χ3v) is 3.92. The lowest BCUT2D eigenvalue weighted by Gasteiger charge is -2.12. The minimum Gasteiger partial charge on any atom is -0.465 e. The second kappa shape index (κ2) is 6.38. The average molecular weight is 330 g/mol. The van der Waals surface area contributed by atoms with Gasteiger partial charge in [-0.05, 0) is 37.6 Å². The molecule has 0 saturated carbocycles. The predicted octanol–water partition coefficient (Wildman–Crippen LogP) is 3.72.